The lowest BCUT2D eigenvalue weighted by atomic mass is 9.98. The van der Waals surface area contributed by atoms with Gasteiger partial charge in [-0.15, -0.1) is 0 Å². The van der Waals surface area contributed by atoms with Crippen molar-refractivity contribution in [2.24, 2.45) is 11.8 Å². The number of carbonyl (C=O) groups excluding carboxylic acids is 3. The molecule has 0 radical (unpaired) electrons. The number of ether oxygens (including phenoxy) is 2. The van der Waals surface area contributed by atoms with Crippen LogP contribution in [0.5, 0.6) is 5.75 Å². The predicted molar refractivity (Wildman–Crippen MR) is 147 cm³/mol. The zero-order valence-electron chi connectivity index (χ0n) is 23.7. The second-order valence-electron chi connectivity index (χ2n) is 10.7. The van der Waals surface area contributed by atoms with Crippen molar-refractivity contribution >= 4 is 29.2 Å². The Hall–Kier alpha value is -3.64. The summed E-state index contributed by atoms with van der Waals surface area (Å²) in [4.78, 5) is 43.0. The van der Waals surface area contributed by atoms with Crippen LogP contribution in [0.15, 0.2) is 22.7 Å². The van der Waals surface area contributed by atoms with Crippen molar-refractivity contribution in [3.63, 3.8) is 0 Å². The molecule has 2 aromatic rings. The normalized spacial score (nSPS) is 20.6. The second-order valence-corrected chi connectivity index (χ2v) is 10.7. The quantitative estimate of drug-likeness (QED) is 0.471. The number of hydrogen-bond acceptors (Lipinski definition) is 8. The number of carbonyl (C=O) groups is 3. The monoisotopic (exact) mass is 557 g/mol. The fourth-order valence-electron chi connectivity index (χ4n) is 4.97. The molecule has 3 heterocycles. The maximum atomic E-state index is 13.7. The molecular weight excluding hydrogens is 518 g/mol. The van der Waals surface area contributed by atoms with E-state index in [1.165, 1.54) is 4.90 Å². The third kappa shape index (κ3) is 6.39. The van der Waals surface area contributed by atoms with Crippen molar-refractivity contribution < 1.29 is 33.5 Å². The number of para-hydroxylation sites is 1. The van der Waals surface area contributed by atoms with Crippen LogP contribution in [-0.4, -0.2) is 90.0 Å². The van der Waals surface area contributed by atoms with Crippen molar-refractivity contribution in [3.8, 4) is 5.75 Å². The topological polar surface area (TPSA) is 146 Å². The number of nitrogens with zero attached hydrogens (tertiary/aromatic N) is 3. The minimum Gasteiger partial charge on any atom is -0.485 e. The van der Waals surface area contributed by atoms with Gasteiger partial charge in [-0.2, -0.15) is 0 Å². The molecule has 1 saturated heterocycles. The van der Waals surface area contributed by atoms with E-state index in [9.17, 15) is 19.5 Å². The molecule has 0 spiro atoms. The Morgan fingerprint density at radius 3 is 2.60 bits per heavy atom. The van der Waals surface area contributed by atoms with Gasteiger partial charge in [0.1, 0.15) is 17.5 Å². The van der Waals surface area contributed by atoms with Crippen molar-refractivity contribution in [2.75, 3.05) is 50.6 Å². The molecule has 2 aliphatic rings. The molecule has 4 rings (SSSR count). The maximum absolute atomic E-state index is 13.7. The van der Waals surface area contributed by atoms with Gasteiger partial charge < -0.3 is 39.5 Å². The van der Waals surface area contributed by atoms with Crippen molar-refractivity contribution in [3.05, 3.63) is 35.2 Å². The van der Waals surface area contributed by atoms with E-state index >= 15 is 0 Å². The molecule has 1 aromatic heterocycles. The molecule has 2 aliphatic heterocycles. The van der Waals surface area contributed by atoms with Gasteiger partial charge in [0.25, 0.3) is 5.91 Å². The number of rotatable bonds is 7. The van der Waals surface area contributed by atoms with Gasteiger partial charge in [-0.3, -0.25) is 9.59 Å². The molecule has 3 atom stereocenters. The lowest BCUT2D eigenvalue weighted by Gasteiger charge is -2.38. The van der Waals surface area contributed by atoms with Crippen LogP contribution in [0.4, 0.5) is 16.2 Å². The van der Waals surface area contributed by atoms with Crippen LogP contribution < -0.4 is 15.4 Å². The zero-order valence-corrected chi connectivity index (χ0v) is 23.7. The number of hydrogen-bond donors (Lipinski definition) is 3. The average Bonchev–Trinajstić information content (AvgIpc) is 3.27. The van der Waals surface area contributed by atoms with E-state index in [4.69, 9.17) is 14.0 Å². The summed E-state index contributed by atoms with van der Waals surface area (Å²) in [7, 11) is 1.65. The van der Waals surface area contributed by atoms with Gasteiger partial charge in [0.15, 0.2) is 11.5 Å². The molecule has 1 aromatic carbocycles. The standard InChI is InChI=1S/C28H39N5O7/c1-16-13-33(17(2)15-34)27(36)21-7-6-8-22(29-26(35)20-9-11-38-12-10-20)25(21)39-23(16)14-32(5)28(37)30-24-18(3)31-40-19(24)4/h6-8,16-17,20,23,34H,9-15H2,1-5H3,(H,29,35)(H,30,37)/t16-,17-,23+/m0/s1. The largest absolute Gasteiger partial charge is 0.485 e. The van der Waals surface area contributed by atoms with Gasteiger partial charge >= 0.3 is 6.03 Å². The molecular formula is C28H39N5O7. The van der Waals surface area contributed by atoms with E-state index in [0.717, 1.165) is 0 Å². The number of aromatic nitrogens is 1. The van der Waals surface area contributed by atoms with Crippen LogP contribution in [0.1, 0.15) is 48.5 Å². The number of likely N-dealkylation sites (N-methyl/N-ethyl adjacent to an activating group) is 1. The Morgan fingerprint density at radius 1 is 1.23 bits per heavy atom. The van der Waals surface area contributed by atoms with E-state index < -0.39 is 12.1 Å². The number of anilines is 2. The van der Waals surface area contributed by atoms with Crippen LogP contribution in [0.2, 0.25) is 0 Å². The van der Waals surface area contributed by atoms with E-state index in [0.29, 0.717) is 55.4 Å². The maximum Gasteiger partial charge on any atom is 0.321 e. The fourth-order valence-corrected chi connectivity index (χ4v) is 4.97. The third-order valence-corrected chi connectivity index (χ3v) is 7.61. The predicted octanol–water partition coefficient (Wildman–Crippen LogP) is 3.04. The number of aryl methyl sites for hydroxylation is 2. The minimum absolute atomic E-state index is 0.157. The summed E-state index contributed by atoms with van der Waals surface area (Å²) in [5.41, 5.74) is 1.76. The number of fused-ring (bicyclic) bond motifs is 1. The summed E-state index contributed by atoms with van der Waals surface area (Å²) in [5, 5.41) is 19.6. The number of aliphatic hydroxyl groups is 1. The molecule has 3 N–H and O–H groups in total. The van der Waals surface area contributed by atoms with Gasteiger partial charge in [-0.1, -0.05) is 18.1 Å². The Bertz CT molecular complexity index is 1210. The highest BCUT2D eigenvalue weighted by Crippen LogP contribution is 2.35. The molecule has 12 nitrogen and oxygen atoms in total. The summed E-state index contributed by atoms with van der Waals surface area (Å²) >= 11 is 0. The molecule has 0 aliphatic carbocycles. The highest BCUT2D eigenvalue weighted by atomic mass is 16.5. The molecule has 0 bridgehead atoms. The highest BCUT2D eigenvalue weighted by molar-refractivity contribution is 6.02. The SMILES string of the molecule is Cc1noc(C)c1NC(=O)N(C)C[C@H]1Oc2c(NC(=O)C3CCOCC3)cccc2C(=O)N([C@@H](C)CO)C[C@@H]1C. The van der Waals surface area contributed by atoms with Gasteiger partial charge in [-0.25, -0.2) is 4.79 Å². The van der Waals surface area contributed by atoms with Crippen molar-refractivity contribution in [1.82, 2.24) is 15.0 Å². The highest BCUT2D eigenvalue weighted by Gasteiger charge is 2.35. The van der Waals surface area contributed by atoms with Gasteiger partial charge in [0, 0.05) is 38.6 Å². The van der Waals surface area contributed by atoms with E-state index in [-0.39, 0.29) is 54.1 Å². The van der Waals surface area contributed by atoms with Crippen LogP contribution in [0.3, 0.4) is 0 Å². The number of benzene rings is 1. The van der Waals surface area contributed by atoms with Gasteiger partial charge in [-0.05, 0) is 45.7 Å². The number of amides is 4. The van der Waals surface area contributed by atoms with Crippen LogP contribution in [0.25, 0.3) is 0 Å². The lowest BCUT2D eigenvalue weighted by Crippen LogP contribution is -2.50. The first-order valence-electron chi connectivity index (χ1n) is 13.7. The lowest BCUT2D eigenvalue weighted by molar-refractivity contribution is -0.122. The van der Waals surface area contributed by atoms with E-state index in [1.807, 2.05) is 6.92 Å². The first-order valence-corrected chi connectivity index (χ1v) is 13.7. The molecule has 4 amide bonds. The molecule has 12 heteroatoms. The van der Waals surface area contributed by atoms with Gasteiger partial charge in [0.2, 0.25) is 5.91 Å². The molecule has 0 saturated carbocycles. The Balaban J connectivity index is 1.63. The first kappa shape index (κ1) is 29.3. The molecule has 40 heavy (non-hydrogen) atoms. The third-order valence-electron chi connectivity index (χ3n) is 7.61. The van der Waals surface area contributed by atoms with Crippen LogP contribution in [0, 0.1) is 25.7 Å². The summed E-state index contributed by atoms with van der Waals surface area (Å²) in [6.45, 7) is 8.51. The summed E-state index contributed by atoms with van der Waals surface area (Å²) in [6.07, 6.45) is 0.696. The Labute approximate surface area is 234 Å². The Kier molecular flexibility index (Phi) is 9.31. The van der Waals surface area contributed by atoms with Crippen LogP contribution >= 0.6 is 0 Å². The van der Waals surface area contributed by atoms with E-state index in [1.54, 1.807) is 50.9 Å². The molecule has 1 fully saturated rings. The van der Waals surface area contributed by atoms with E-state index in [2.05, 4.69) is 15.8 Å². The fraction of sp³-hybridized carbons (Fsp3) is 0.571. The van der Waals surface area contributed by atoms with Crippen molar-refractivity contribution in [2.45, 2.75) is 52.7 Å². The zero-order chi connectivity index (χ0) is 29.0. The minimum atomic E-state index is -0.540. The average molecular weight is 558 g/mol. The summed E-state index contributed by atoms with van der Waals surface area (Å²) in [5.74, 6) is -0.127. The molecule has 218 valence electrons. The van der Waals surface area contributed by atoms with Crippen LogP contribution in [-0.2, 0) is 9.53 Å². The number of urea groups is 1. The smallest absolute Gasteiger partial charge is 0.321 e. The Morgan fingerprint density at radius 2 is 1.95 bits per heavy atom. The summed E-state index contributed by atoms with van der Waals surface area (Å²) < 4.78 is 17.0. The number of nitrogens with one attached hydrogen (secondary N) is 2. The second kappa shape index (κ2) is 12.7. The van der Waals surface area contributed by atoms with Gasteiger partial charge in [0.05, 0.1) is 30.4 Å². The first-order chi connectivity index (χ1) is 19.1. The summed E-state index contributed by atoms with van der Waals surface area (Å²) in [6, 6.07) is 4.25. The van der Waals surface area contributed by atoms with Crippen molar-refractivity contribution in [1.29, 1.82) is 0 Å². The number of aliphatic hydroxyl groups excluding tert-OH is 1. The molecule has 0 unspecified atom stereocenters.